The van der Waals surface area contributed by atoms with Crippen molar-refractivity contribution in [1.29, 1.82) is 0 Å². The van der Waals surface area contributed by atoms with Crippen molar-refractivity contribution in [3.05, 3.63) is 63.7 Å². The Balaban J connectivity index is 2.18. The lowest BCUT2D eigenvalue weighted by Gasteiger charge is -2.07. The van der Waals surface area contributed by atoms with E-state index in [2.05, 4.69) is 10.5 Å². The van der Waals surface area contributed by atoms with Crippen LogP contribution in [0.5, 0.6) is 5.75 Å². The van der Waals surface area contributed by atoms with Crippen LogP contribution in [0.3, 0.4) is 0 Å². The Hall–Kier alpha value is -2.33. The van der Waals surface area contributed by atoms with Crippen molar-refractivity contribution in [3.63, 3.8) is 0 Å². The molecule has 0 bridgehead atoms. The Morgan fingerprint density at radius 2 is 1.86 bits per heavy atom. The number of amides is 1. The molecule has 0 saturated heterocycles. The van der Waals surface area contributed by atoms with E-state index < -0.39 is 5.91 Å². The Kier molecular flexibility index (Phi) is 4.83. The SMILES string of the molecule is CC(=NNC(=O)c1cc(Cl)ccc1O)c1ccc(C)c(C)c1. The van der Waals surface area contributed by atoms with E-state index >= 15 is 0 Å². The van der Waals surface area contributed by atoms with E-state index in [0.29, 0.717) is 10.7 Å². The van der Waals surface area contributed by atoms with Crippen molar-refractivity contribution in [3.8, 4) is 5.75 Å². The molecule has 0 heterocycles. The van der Waals surface area contributed by atoms with Crippen molar-refractivity contribution in [2.75, 3.05) is 0 Å². The minimum Gasteiger partial charge on any atom is -0.507 e. The fourth-order valence-corrected chi connectivity index (χ4v) is 2.09. The highest BCUT2D eigenvalue weighted by Gasteiger charge is 2.11. The molecule has 1 amide bonds. The predicted molar refractivity (Wildman–Crippen MR) is 88.7 cm³/mol. The van der Waals surface area contributed by atoms with E-state index in [1.807, 2.05) is 39.0 Å². The Morgan fingerprint density at radius 3 is 2.55 bits per heavy atom. The van der Waals surface area contributed by atoms with Gasteiger partial charge in [0.2, 0.25) is 0 Å². The number of benzene rings is 2. The van der Waals surface area contributed by atoms with E-state index in [9.17, 15) is 9.90 Å². The number of hydrazone groups is 1. The smallest absolute Gasteiger partial charge is 0.275 e. The van der Waals surface area contributed by atoms with Crippen LogP contribution in [0.4, 0.5) is 0 Å². The molecule has 114 valence electrons. The first kappa shape index (κ1) is 16.0. The number of aryl methyl sites for hydroxylation is 2. The van der Waals surface area contributed by atoms with Gasteiger partial charge in [0.05, 0.1) is 11.3 Å². The van der Waals surface area contributed by atoms with Crippen LogP contribution >= 0.6 is 11.6 Å². The summed E-state index contributed by atoms with van der Waals surface area (Å²) < 4.78 is 0. The van der Waals surface area contributed by atoms with Gasteiger partial charge in [-0.3, -0.25) is 4.79 Å². The molecule has 22 heavy (non-hydrogen) atoms. The van der Waals surface area contributed by atoms with Crippen LogP contribution in [0, 0.1) is 13.8 Å². The summed E-state index contributed by atoms with van der Waals surface area (Å²) in [5.74, 6) is -0.649. The second kappa shape index (κ2) is 6.62. The lowest BCUT2D eigenvalue weighted by molar-refractivity contribution is 0.0952. The number of nitrogens with zero attached hydrogens (tertiary/aromatic N) is 1. The fraction of sp³-hybridized carbons (Fsp3) is 0.176. The lowest BCUT2D eigenvalue weighted by atomic mass is 10.0. The normalized spacial score (nSPS) is 11.4. The first-order chi connectivity index (χ1) is 10.4. The quantitative estimate of drug-likeness (QED) is 0.668. The first-order valence-electron chi connectivity index (χ1n) is 6.79. The van der Waals surface area contributed by atoms with Gasteiger partial charge in [0, 0.05) is 5.02 Å². The monoisotopic (exact) mass is 316 g/mol. The van der Waals surface area contributed by atoms with Crippen LogP contribution in [0.2, 0.25) is 5.02 Å². The zero-order chi connectivity index (χ0) is 16.3. The highest BCUT2D eigenvalue weighted by molar-refractivity contribution is 6.31. The van der Waals surface area contributed by atoms with Crippen molar-refractivity contribution in [1.82, 2.24) is 5.43 Å². The number of phenolic OH excluding ortho intramolecular Hbond substituents is 1. The van der Waals surface area contributed by atoms with Crippen molar-refractivity contribution in [2.45, 2.75) is 20.8 Å². The maximum absolute atomic E-state index is 12.0. The van der Waals surface area contributed by atoms with E-state index in [1.165, 1.54) is 23.8 Å². The molecule has 0 aromatic heterocycles. The average Bonchev–Trinajstić information content (AvgIpc) is 2.49. The molecule has 2 aromatic carbocycles. The Morgan fingerprint density at radius 1 is 1.14 bits per heavy atom. The summed E-state index contributed by atoms with van der Waals surface area (Å²) in [4.78, 5) is 12.0. The molecular weight excluding hydrogens is 300 g/mol. The number of aromatic hydroxyl groups is 1. The van der Waals surface area contributed by atoms with Gasteiger partial charge in [-0.15, -0.1) is 0 Å². The lowest BCUT2D eigenvalue weighted by Crippen LogP contribution is -2.19. The van der Waals surface area contributed by atoms with Crippen LogP contribution in [-0.4, -0.2) is 16.7 Å². The summed E-state index contributed by atoms with van der Waals surface area (Å²) in [5, 5.41) is 14.1. The standard InChI is InChI=1S/C17H17ClN2O2/c1-10-4-5-13(8-11(10)2)12(3)19-20-17(22)15-9-14(18)6-7-16(15)21/h4-9,21H,1-3H3,(H,20,22). The second-order valence-electron chi connectivity index (χ2n) is 5.10. The highest BCUT2D eigenvalue weighted by Crippen LogP contribution is 2.21. The molecule has 0 radical (unpaired) electrons. The number of carbonyl (C=O) groups is 1. The van der Waals surface area contributed by atoms with Crippen LogP contribution in [0.25, 0.3) is 0 Å². The molecule has 0 fully saturated rings. The van der Waals surface area contributed by atoms with Gasteiger partial charge in [0.15, 0.2) is 0 Å². The van der Waals surface area contributed by atoms with Gasteiger partial charge in [-0.05, 0) is 61.7 Å². The van der Waals surface area contributed by atoms with E-state index in [0.717, 1.165) is 11.1 Å². The minimum absolute atomic E-state index is 0.0872. The third-order valence-electron chi connectivity index (χ3n) is 3.45. The van der Waals surface area contributed by atoms with Gasteiger partial charge in [0.1, 0.15) is 5.75 Å². The second-order valence-corrected chi connectivity index (χ2v) is 5.54. The van der Waals surface area contributed by atoms with Crippen molar-refractivity contribution in [2.24, 2.45) is 5.10 Å². The average molecular weight is 317 g/mol. The largest absolute Gasteiger partial charge is 0.507 e. The molecule has 0 unspecified atom stereocenters. The number of phenols is 1. The third-order valence-corrected chi connectivity index (χ3v) is 3.69. The third kappa shape index (κ3) is 3.65. The molecule has 0 atom stereocenters. The topological polar surface area (TPSA) is 61.7 Å². The fourth-order valence-electron chi connectivity index (χ4n) is 1.92. The van der Waals surface area contributed by atoms with Gasteiger partial charge in [-0.1, -0.05) is 23.7 Å². The number of rotatable bonds is 3. The van der Waals surface area contributed by atoms with Crippen molar-refractivity contribution >= 4 is 23.2 Å². The molecule has 4 nitrogen and oxygen atoms in total. The maximum Gasteiger partial charge on any atom is 0.275 e. The van der Waals surface area contributed by atoms with Gasteiger partial charge >= 0.3 is 0 Å². The van der Waals surface area contributed by atoms with E-state index in [1.54, 1.807) is 0 Å². The Labute approximate surface area is 134 Å². The number of carbonyl (C=O) groups excluding carboxylic acids is 1. The van der Waals surface area contributed by atoms with E-state index in [4.69, 9.17) is 11.6 Å². The maximum atomic E-state index is 12.0. The molecule has 0 aliphatic heterocycles. The van der Waals surface area contributed by atoms with Gasteiger partial charge < -0.3 is 5.11 Å². The summed E-state index contributed by atoms with van der Waals surface area (Å²) >= 11 is 5.82. The molecule has 0 saturated carbocycles. The predicted octanol–water partition coefficient (Wildman–Crippen LogP) is 3.82. The molecule has 2 aromatic rings. The molecule has 0 aliphatic carbocycles. The Bertz CT molecular complexity index is 754. The number of hydrogen-bond acceptors (Lipinski definition) is 3. The number of halogens is 1. The number of hydrogen-bond donors (Lipinski definition) is 2. The molecule has 2 rings (SSSR count). The zero-order valence-corrected chi connectivity index (χ0v) is 13.4. The van der Waals surface area contributed by atoms with Gasteiger partial charge in [-0.25, -0.2) is 5.43 Å². The summed E-state index contributed by atoms with van der Waals surface area (Å²) in [5.41, 5.74) is 6.48. The van der Waals surface area contributed by atoms with Gasteiger partial charge in [0.25, 0.3) is 5.91 Å². The van der Waals surface area contributed by atoms with Crippen LogP contribution in [-0.2, 0) is 0 Å². The molecule has 5 heteroatoms. The van der Waals surface area contributed by atoms with Crippen LogP contribution in [0.1, 0.15) is 34.0 Å². The van der Waals surface area contributed by atoms with Crippen LogP contribution < -0.4 is 5.43 Å². The molecular formula is C17H17ClN2O2. The number of nitrogens with one attached hydrogen (secondary N) is 1. The van der Waals surface area contributed by atoms with Gasteiger partial charge in [-0.2, -0.15) is 5.10 Å². The molecule has 2 N–H and O–H groups in total. The molecule has 0 spiro atoms. The highest BCUT2D eigenvalue weighted by atomic mass is 35.5. The summed E-state index contributed by atoms with van der Waals surface area (Å²) in [6.45, 7) is 5.87. The summed E-state index contributed by atoms with van der Waals surface area (Å²) in [6.07, 6.45) is 0. The zero-order valence-electron chi connectivity index (χ0n) is 12.6. The van der Waals surface area contributed by atoms with Crippen molar-refractivity contribution < 1.29 is 9.90 Å². The summed E-state index contributed by atoms with van der Waals surface area (Å²) in [6, 6.07) is 10.2. The first-order valence-corrected chi connectivity index (χ1v) is 7.17. The molecule has 0 aliphatic rings. The minimum atomic E-state index is -0.511. The van der Waals surface area contributed by atoms with E-state index in [-0.39, 0.29) is 11.3 Å². The van der Waals surface area contributed by atoms with Crippen LogP contribution in [0.15, 0.2) is 41.5 Å². The summed E-state index contributed by atoms with van der Waals surface area (Å²) in [7, 11) is 0.